The lowest BCUT2D eigenvalue weighted by Gasteiger charge is -2.14. The van der Waals surface area contributed by atoms with Crippen molar-refractivity contribution in [2.45, 2.75) is 20.3 Å². The quantitative estimate of drug-likeness (QED) is 0.142. The molecule has 2 heterocycles. The van der Waals surface area contributed by atoms with Crippen LogP contribution in [-0.4, -0.2) is 60.2 Å². The molecule has 0 spiro atoms. The van der Waals surface area contributed by atoms with Gasteiger partial charge in [-0.05, 0) is 55.8 Å². The van der Waals surface area contributed by atoms with E-state index in [-0.39, 0.29) is 18.5 Å². The van der Waals surface area contributed by atoms with Gasteiger partial charge in [-0.3, -0.25) is 10.1 Å². The van der Waals surface area contributed by atoms with Gasteiger partial charge in [-0.15, -0.1) is 0 Å². The van der Waals surface area contributed by atoms with Gasteiger partial charge in [0.15, 0.2) is 0 Å². The molecule has 3 amide bonds. The van der Waals surface area contributed by atoms with Crippen LogP contribution in [0.3, 0.4) is 0 Å². The van der Waals surface area contributed by atoms with Gasteiger partial charge in [0.05, 0.1) is 36.9 Å². The molecule has 0 saturated carbocycles. The highest BCUT2D eigenvalue weighted by atomic mass is 16.5. The summed E-state index contributed by atoms with van der Waals surface area (Å²) in [4.78, 5) is 29.4. The van der Waals surface area contributed by atoms with Crippen LogP contribution in [0.5, 0.6) is 5.75 Å². The molecule has 5 rings (SSSR count). The number of amides is 3. The van der Waals surface area contributed by atoms with Gasteiger partial charge in [0.2, 0.25) is 0 Å². The smallest absolute Gasteiger partial charge is 0.324 e. The number of pyridine rings is 1. The van der Waals surface area contributed by atoms with Gasteiger partial charge in [-0.2, -0.15) is 5.10 Å². The highest BCUT2D eigenvalue weighted by molar-refractivity contribution is 6.07. The molecule has 0 saturated heterocycles. The van der Waals surface area contributed by atoms with Gasteiger partial charge in [-0.1, -0.05) is 42.0 Å². The summed E-state index contributed by atoms with van der Waals surface area (Å²) in [5.74, 6) is 1.42. The Balaban J connectivity index is 1.21. The molecule has 0 aliphatic carbocycles. The summed E-state index contributed by atoms with van der Waals surface area (Å²) in [6, 6.07) is 24.5. The Kier molecular flexibility index (Phi) is 10.4. The molecule has 232 valence electrons. The van der Waals surface area contributed by atoms with Crippen LogP contribution in [0, 0.1) is 13.8 Å². The molecule has 5 aromatic rings. The molecule has 3 aromatic carbocycles. The van der Waals surface area contributed by atoms with Crippen LogP contribution in [0.15, 0.2) is 85.1 Å². The molecule has 2 aromatic heterocycles. The zero-order chi connectivity index (χ0) is 31.6. The van der Waals surface area contributed by atoms with Crippen molar-refractivity contribution in [1.82, 2.24) is 14.8 Å². The topological polar surface area (TPSA) is 129 Å². The van der Waals surface area contributed by atoms with E-state index < -0.39 is 0 Å². The molecular weight excluding hydrogens is 572 g/mol. The fourth-order valence-electron chi connectivity index (χ4n) is 4.71. The van der Waals surface area contributed by atoms with Gasteiger partial charge < -0.3 is 24.8 Å². The first-order chi connectivity index (χ1) is 21.9. The number of hydrogen-bond donors (Lipinski definition) is 3. The zero-order valence-corrected chi connectivity index (χ0v) is 25.5. The summed E-state index contributed by atoms with van der Waals surface area (Å²) in [5.41, 5.74) is 4.39. The van der Waals surface area contributed by atoms with Crippen LogP contribution >= 0.6 is 0 Å². The lowest BCUT2D eigenvalue weighted by atomic mass is 10.1. The first-order valence-corrected chi connectivity index (χ1v) is 14.6. The molecular formula is C34H36N6O5. The number of methoxy groups -OCH3 is 1. The Morgan fingerprint density at radius 1 is 0.844 bits per heavy atom. The normalized spacial score (nSPS) is 10.9. The average molecular weight is 609 g/mol. The van der Waals surface area contributed by atoms with Crippen molar-refractivity contribution in [1.29, 1.82) is 0 Å². The molecule has 0 fully saturated rings. The van der Waals surface area contributed by atoms with Gasteiger partial charge in [-0.25, -0.2) is 14.5 Å². The summed E-state index contributed by atoms with van der Waals surface area (Å²) in [5, 5.41) is 14.9. The Hall–Kier alpha value is -5.26. The van der Waals surface area contributed by atoms with Gasteiger partial charge >= 0.3 is 6.03 Å². The number of anilines is 3. The molecule has 11 heteroatoms. The van der Waals surface area contributed by atoms with Crippen molar-refractivity contribution in [3.8, 4) is 11.4 Å². The van der Waals surface area contributed by atoms with E-state index >= 15 is 0 Å². The average Bonchev–Trinajstić information content (AvgIpc) is 3.40. The fourth-order valence-corrected chi connectivity index (χ4v) is 4.71. The number of benzene rings is 3. The number of aryl methyl sites for hydroxylation is 2. The highest BCUT2D eigenvalue weighted by Gasteiger charge is 2.14. The summed E-state index contributed by atoms with van der Waals surface area (Å²) < 4.78 is 18.0. The first-order valence-electron chi connectivity index (χ1n) is 14.6. The van der Waals surface area contributed by atoms with E-state index in [1.165, 1.54) is 0 Å². The van der Waals surface area contributed by atoms with Crippen LogP contribution in [-0.2, 0) is 20.7 Å². The molecule has 11 nitrogen and oxygen atoms in total. The van der Waals surface area contributed by atoms with Gasteiger partial charge in [0.25, 0.3) is 5.91 Å². The second-order valence-electron chi connectivity index (χ2n) is 10.4. The third kappa shape index (κ3) is 8.43. The van der Waals surface area contributed by atoms with Crippen molar-refractivity contribution < 1.29 is 23.8 Å². The molecule has 0 atom stereocenters. The molecule has 0 unspecified atom stereocenters. The Morgan fingerprint density at radius 2 is 1.64 bits per heavy atom. The number of urea groups is 1. The van der Waals surface area contributed by atoms with E-state index in [0.717, 1.165) is 33.3 Å². The standard InChI is InChI=1S/C34H36N6O5/c1-23-8-10-26(11-9-23)40-32(20-24(2)39-40)38-34(42)36-29-12-13-30(28-7-5-4-6-27(28)29)45-17-15-25-14-16-35-31(21-25)37-33(41)22-44-19-18-43-3/h4-14,16,20-21H,15,17-19,22H2,1-3H3,(H,35,37,41)(H2,36,38,42). The molecule has 0 radical (unpaired) electrons. The first kappa shape index (κ1) is 31.2. The maximum atomic E-state index is 13.1. The van der Waals surface area contributed by atoms with E-state index in [4.69, 9.17) is 14.2 Å². The summed E-state index contributed by atoms with van der Waals surface area (Å²) >= 11 is 0. The number of hydrogen-bond acceptors (Lipinski definition) is 7. The van der Waals surface area contributed by atoms with Crippen molar-refractivity contribution in [2.75, 3.05) is 49.5 Å². The number of nitrogens with zero attached hydrogens (tertiary/aromatic N) is 3. The molecule has 0 aliphatic heterocycles. The lowest BCUT2D eigenvalue weighted by molar-refractivity contribution is -0.121. The minimum Gasteiger partial charge on any atom is -0.493 e. The number of aromatic nitrogens is 3. The Labute approximate surface area is 261 Å². The maximum Gasteiger partial charge on any atom is 0.324 e. The maximum absolute atomic E-state index is 13.1. The monoisotopic (exact) mass is 608 g/mol. The van der Waals surface area contributed by atoms with Crippen molar-refractivity contribution in [3.05, 3.63) is 102 Å². The summed E-state index contributed by atoms with van der Waals surface area (Å²) in [6.07, 6.45) is 2.24. The largest absolute Gasteiger partial charge is 0.493 e. The van der Waals surface area contributed by atoms with Gasteiger partial charge in [0.1, 0.15) is 24.0 Å². The van der Waals surface area contributed by atoms with E-state index in [0.29, 0.717) is 49.3 Å². The van der Waals surface area contributed by atoms with Crippen LogP contribution in [0.2, 0.25) is 0 Å². The van der Waals surface area contributed by atoms with E-state index in [1.807, 2.05) is 92.7 Å². The summed E-state index contributed by atoms with van der Waals surface area (Å²) in [7, 11) is 1.57. The van der Waals surface area contributed by atoms with Crippen molar-refractivity contribution >= 4 is 40.0 Å². The van der Waals surface area contributed by atoms with Crippen LogP contribution in [0.25, 0.3) is 16.5 Å². The Bertz CT molecular complexity index is 1770. The van der Waals surface area contributed by atoms with Crippen LogP contribution in [0.1, 0.15) is 16.8 Å². The van der Waals surface area contributed by atoms with Crippen molar-refractivity contribution in [3.63, 3.8) is 0 Å². The highest BCUT2D eigenvalue weighted by Crippen LogP contribution is 2.32. The SMILES string of the molecule is COCCOCC(=O)Nc1cc(CCOc2ccc(NC(=O)Nc3cc(C)nn3-c3ccc(C)cc3)c3ccccc23)ccn1. The minimum atomic E-state index is -0.385. The van der Waals surface area contributed by atoms with Crippen LogP contribution < -0.4 is 20.7 Å². The van der Waals surface area contributed by atoms with Gasteiger partial charge in [0, 0.05) is 36.6 Å². The van der Waals surface area contributed by atoms with E-state index in [9.17, 15) is 9.59 Å². The molecule has 0 aliphatic rings. The predicted molar refractivity (Wildman–Crippen MR) is 174 cm³/mol. The minimum absolute atomic E-state index is 0.0736. The van der Waals surface area contributed by atoms with Crippen molar-refractivity contribution in [2.24, 2.45) is 0 Å². The number of fused-ring (bicyclic) bond motifs is 1. The van der Waals surface area contributed by atoms with E-state index in [2.05, 4.69) is 26.0 Å². The van der Waals surface area contributed by atoms with E-state index in [1.54, 1.807) is 18.0 Å². The lowest BCUT2D eigenvalue weighted by Crippen LogP contribution is -2.21. The third-order valence-electron chi connectivity index (χ3n) is 6.89. The van der Waals surface area contributed by atoms with Crippen LogP contribution in [0.4, 0.5) is 22.1 Å². The second kappa shape index (κ2) is 15.0. The summed E-state index contributed by atoms with van der Waals surface area (Å²) in [6.45, 7) is 5.00. The molecule has 0 bridgehead atoms. The zero-order valence-electron chi connectivity index (χ0n) is 25.5. The number of rotatable bonds is 13. The number of carbonyl (C=O) groups is 2. The number of ether oxygens (including phenoxy) is 3. The predicted octanol–water partition coefficient (Wildman–Crippen LogP) is 5.90. The third-order valence-corrected chi connectivity index (χ3v) is 6.89. The fraction of sp³-hybridized carbons (Fsp3) is 0.235. The Morgan fingerprint density at radius 3 is 2.44 bits per heavy atom. The number of carbonyl (C=O) groups excluding carboxylic acids is 2. The second-order valence-corrected chi connectivity index (χ2v) is 10.4. The molecule has 3 N–H and O–H groups in total. The number of nitrogens with one attached hydrogen (secondary N) is 3. The molecule has 45 heavy (non-hydrogen) atoms.